The molecule has 7 heteroatoms. The van der Waals surface area contributed by atoms with Crippen molar-refractivity contribution in [3.63, 3.8) is 0 Å². The van der Waals surface area contributed by atoms with Crippen molar-refractivity contribution in [1.29, 1.82) is 0 Å². The molecule has 0 saturated carbocycles. The van der Waals surface area contributed by atoms with E-state index in [1.807, 2.05) is 31.2 Å². The first-order valence-corrected chi connectivity index (χ1v) is 8.29. The molecule has 0 spiro atoms. The Labute approximate surface area is 118 Å². The van der Waals surface area contributed by atoms with E-state index in [0.29, 0.717) is 18.9 Å². The fraction of sp³-hybridized carbons (Fsp3) is 0.385. The predicted octanol–water partition coefficient (Wildman–Crippen LogP) is 1.58. The van der Waals surface area contributed by atoms with Crippen LogP contribution < -0.4 is 5.32 Å². The van der Waals surface area contributed by atoms with Gasteiger partial charge in [0.1, 0.15) is 5.75 Å². The molecule has 0 aliphatic heterocycles. The lowest BCUT2D eigenvalue weighted by molar-refractivity contribution is 0.376. The number of aromatic nitrogens is 2. The van der Waals surface area contributed by atoms with Crippen molar-refractivity contribution >= 4 is 15.5 Å². The second kappa shape index (κ2) is 6.04. The summed E-state index contributed by atoms with van der Waals surface area (Å²) in [5, 5.41) is 6.92. The van der Waals surface area contributed by atoms with Crippen LogP contribution in [0.25, 0.3) is 0 Å². The van der Waals surface area contributed by atoms with Gasteiger partial charge in [-0.1, -0.05) is 23.4 Å². The van der Waals surface area contributed by atoms with Gasteiger partial charge in [0.25, 0.3) is 0 Å². The number of aryl methyl sites for hydroxylation is 1. The Morgan fingerprint density at radius 1 is 1.30 bits per heavy atom. The number of benzene rings is 1. The van der Waals surface area contributed by atoms with Gasteiger partial charge in [0.05, 0.1) is 0 Å². The quantitative estimate of drug-likeness (QED) is 0.871. The largest absolute Gasteiger partial charge is 0.384 e. The Morgan fingerprint density at radius 3 is 2.75 bits per heavy atom. The summed E-state index contributed by atoms with van der Waals surface area (Å²) in [5.74, 6) is 0.449. The smallest absolute Gasteiger partial charge is 0.228 e. The van der Waals surface area contributed by atoms with Crippen molar-refractivity contribution in [1.82, 2.24) is 10.1 Å². The molecule has 0 bridgehead atoms. The first-order valence-electron chi connectivity index (χ1n) is 6.23. The first kappa shape index (κ1) is 14.5. The van der Waals surface area contributed by atoms with Crippen molar-refractivity contribution < 1.29 is 12.9 Å². The summed E-state index contributed by atoms with van der Waals surface area (Å²) >= 11 is 0. The average molecular weight is 295 g/mol. The molecule has 1 heterocycles. The highest BCUT2D eigenvalue weighted by atomic mass is 32.2. The highest BCUT2D eigenvalue weighted by molar-refractivity contribution is 7.89. The Kier molecular flexibility index (Phi) is 4.39. The third-order valence-electron chi connectivity index (χ3n) is 2.70. The summed E-state index contributed by atoms with van der Waals surface area (Å²) in [6.07, 6.45) is 1.69. The molecule has 6 nitrogen and oxygen atoms in total. The van der Waals surface area contributed by atoms with Crippen LogP contribution in [0.5, 0.6) is 0 Å². The van der Waals surface area contributed by atoms with Gasteiger partial charge in [0.15, 0.2) is 15.7 Å². The van der Waals surface area contributed by atoms with E-state index in [0.717, 1.165) is 17.5 Å². The number of anilines is 1. The van der Waals surface area contributed by atoms with E-state index >= 15 is 0 Å². The van der Waals surface area contributed by atoms with Crippen LogP contribution in [0.3, 0.4) is 0 Å². The van der Waals surface area contributed by atoms with Gasteiger partial charge in [0.2, 0.25) is 5.89 Å². The summed E-state index contributed by atoms with van der Waals surface area (Å²) in [7, 11) is -3.13. The molecule has 0 saturated heterocycles. The second-order valence-corrected chi connectivity index (χ2v) is 6.81. The van der Waals surface area contributed by atoms with Gasteiger partial charge in [-0.05, 0) is 18.6 Å². The van der Waals surface area contributed by atoms with E-state index in [4.69, 9.17) is 4.52 Å². The monoisotopic (exact) mass is 295 g/mol. The van der Waals surface area contributed by atoms with Crippen LogP contribution in [0.4, 0.5) is 5.69 Å². The molecule has 0 fully saturated rings. The van der Waals surface area contributed by atoms with Gasteiger partial charge >= 0.3 is 0 Å². The molecular weight excluding hydrogens is 278 g/mol. The summed E-state index contributed by atoms with van der Waals surface area (Å²) in [6, 6.07) is 7.97. The van der Waals surface area contributed by atoms with Gasteiger partial charge in [-0.15, -0.1) is 0 Å². The molecule has 1 aromatic carbocycles. The third-order valence-corrected chi connectivity index (χ3v) is 3.48. The van der Waals surface area contributed by atoms with E-state index in [1.54, 1.807) is 0 Å². The van der Waals surface area contributed by atoms with E-state index in [9.17, 15) is 8.42 Å². The number of para-hydroxylation sites is 1. The fourth-order valence-corrected chi connectivity index (χ4v) is 2.35. The zero-order chi connectivity index (χ0) is 14.6. The fourth-order valence-electron chi connectivity index (χ4n) is 1.76. The van der Waals surface area contributed by atoms with Crippen molar-refractivity contribution in [2.45, 2.75) is 19.1 Å². The van der Waals surface area contributed by atoms with Gasteiger partial charge in [-0.3, -0.25) is 0 Å². The number of sulfone groups is 1. The van der Waals surface area contributed by atoms with Crippen molar-refractivity contribution in [3.05, 3.63) is 41.5 Å². The molecule has 2 aromatic rings. The first-order chi connectivity index (χ1) is 9.44. The van der Waals surface area contributed by atoms with Gasteiger partial charge < -0.3 is 9.84 Å². The minimum Gasteiger partial charge on any atom is -0.384 e. The molecule has 0 unspecified atom stereocenters. The highest BCUT2D eigenvalue weighted by Crippen LogP contribution is 2.13. The lowest BCUT2D eigenvalue weighted by Crippen LogP contribution is -2.06. The molecule has 20 heavy (non-hydrogen) atoms. The standard InChI is InChI=1S/C13H17N3O3S/c1-10-5-3-4-6-11(10)14-8-7-13-15-12(16-19-13)9-20(2,17)18/h3-6,14H,7-9H2,1-2H3. The molecule has 0 radical (unpaired) electrons. The topological polar surface area (TPSA) is 85.1 Å². The van der Waals surface area contributed by atoms with E-state index in [2.05, 4.69) is 15.5 Å². The normalized spacial score (nSPS) is 11.5. The van der Waals surface area contributed by atoms with Gasteiger partial charge in [-0.2, -0.15) is 4.98 Å². The van der Waals surface area contributed by atoms with Crippen LogP contribution in [0.2, 0.25) is 0 Å². The van der Waals surface area contributed by atoms with Crippen LogP contribution >= 0.6 is 0 Å². The molecule has 0 atom stereocenters. The number of rotatable bonds is 6. The number of hydrogen-bond acceptors (Lipinski definition) is 6. The predicted molar refractivity (Wildman–Crippen MR) is 76.2 cm³/mol. The summed E-state index contributed by atoms with van der Waals surface area (Å²) in [5.41, 5.74) is 2.22. The second-order valence-electron chi connectivity index (χ2n) is 4.67. The zero-order valence-electron chi connectivity index (χ0n) is 11.5. The summed E-state index contributed by atoms with van der Waals surface area (Å²) in [6.45, 7) is 2.67. The Morgan fingerprint density at radius 2 is 2.05 bits per heavy atom. The van der Waals surface area contributed by atoms with Gasteiger partial charge in [-0.25, -0.2) is 8.42 Å². The minimum absolute atomic E-state index is 0.193. The average Bonchev–Trinajstić information content (AvgIpc) is 2.77. The van der Waals surface area contributed by atoms with E-state index in [1.165, 1.54) is 0 Å². The number of nitrogens with one attached hydrogen (secondary N) is 1. The number of hydrogen-bond donors (Lipinski definition) is 1. The highest BCUT2D eigenvalue weighted by Gasteiger charge is 2.11. The van der Waals surface area contributed by atoms with Crippen LogP contribution in [-0.4, -0.2) is 31.4 Å². The molecule has 1 aromatic heterocycles. The zero-order valence-corrected chi connectivity index (χ0v) is 12.3. The van der Waals surface area contributed by atoms with Crippen molar-refractivity contribution in [2.75, 3.05) is 18.1 Å². The van der Waals surface area contributed by atoms with E-state index < -0.39 is 9.84 Å². The molecular formula is C13H17N3O3S. The third kappa shape index (κ3) is 4.34. The summed E-state index contributed by atoms with van der Waals surface area (Å²) < 4.78 is 27.2. The molecule has 2 rings (SSSR count). The summed E-state index contributed by atoms with van der Waals surface area (Å²) in [4.78, 5) is 4.05. The maximum atomic E-state index is 11.1. The Bertz CT molecular complexity index is 680. The lowest BCUT2D eigenvalue weighted by Gasteiger charge is -2.07. The van der Waals surface area contributed by atoms with Crippen molar-refractivity contribution in [2.24, 2.45) is 0 Å². The maximum Gasteiger partial charge on any atom is 0.228 e. The maximum absolute atomic E-state index is 11.1. The molecule has 0 amide bonds. The lowest BCUT2D eigenvalue weighted by atomic mass is 10.2. The van der Waals surface area contributed by atoms with Crippen LogP contribution in [0, 0.1) is 6.92 Å². The van der Waals surface area contributed by atoms with Gasteiger partial charge in [0, 0.05) is 24.9 Å². The number of nitrogens with zero attached hydrogens (tertiary/aromatic N) is 2. The van der Waals surface area contributed by atoms with Crippen molar-refractivity contribution in [3.8, 4) is 0 Å². The minimum atomic E-state index is -3.13. The van der Waals surface area contributed by atoms with Crippen LogP contribution in [0.15, 0.2) is 28.8 Å². The Balaban J connectivity index is 1.87. The molecule has 108 valence electrons. The Hall–Kier alpha value is -1.89. The van der Waals surface area contributed by atoms with E-state index in [-0.39, 0.29) is 11.6 Å². The van der Waals surface area contributed by atoms with Crippen LogP contribution in [0.1, 0.15) is 17.3 Å². The SMILES string of the molecule is Cc1ccccc1NCCc1nc(CS(C)(=O)=O)no1. The van der Waals surface area contributed by atoms with Crippen LogP contribution in [-0.2, 0) is 22.0 Å². The molecule has 1 N–H and O–H groups in total. The molecule has 0 aliphatic rings. The molecule has 0 aliphatic carbocycles.